The third-order valence-electron chi connectivity index (χ3n) is 7.32. The van der Waals surface area contributed by atoms with Gasteiger partial charge in [-0.05, 0) is 43.0 Å². The number of nitrogens with zero attached hydrogens (tertiary/aromatic N) is 4. The van der Waals surface area contributed by atoms with Gasteiger partial charge in [-0.2, -0.15) is 8.42 Å². The molecule has 10 nitrogen and oxygen atoms in total. The number of aromatic nitrogens is 1. The molecule has 0 saturated carbocycles. The number of anilines is 2. The molecule has 0 aliphatic carbocycles. The maximum absolute atomic E-state index is 12.7. The number of ether oxygens (including phenoxy) is 1. The van der Waals surface area contributed by atoms with Gasteiger partial charge in [-0.25, -0.2) is 14.9 Å². The SMILES string of the molecule is CC[C@H]1CN(c2ncc(NS(N)(=O)=O)cc2Cl)CCN1C1CCN([C@H](C(=O)OC)c2ccc(Cl)cc2)CC1. The number of halogens is 2. The number of piperazine rings is 1. The fraction of sp³-hybridized carbons (Fsp3) is 0.520. The highest BCUT2D eigenvalue weighted by molar-refractivity contribution is 7.90. The summed E-state index contributed by atoms with van der Waals surface area (Å²) >= 11 is 12.5. The number of rotatable bonds is 8. The Morgan fingerprint density at radius 3 is 2.45 bits per heavy atom. The van der Waals surface area contributed by atoms with Gasteiger partial charge in [0.1, 0.15) is 11.9 Å². The van der Waals surface area contributed by atoms with E-state index in [4.69, 9.17) is 33.1 Å². The fourth-order valence-electron chi connectivity index (χ4n) is 5.52. The predicted octanol–water partition coefficient (Wildman–Crippen LogP) is 3.28. The Balaban J connectivity index is 1.40. The quantitative estimate of drug-likeness (QED) is 0.453. The molecule has 13 heteroatoms. The van der Waals surface area contributed by atoms with Gasteiger partial charge in [-0.3, -0.25) is 14.5 Å². The standard InChI is InChI=1S/C25H34Cl2N6O4S/c1-3-20-16-32(24-22(27)14-19(15-29-24)30-38(28,35)36)12-13-33(20)21-8-10-31(11-9-21)23(25(34)37-2)17-4-6-18(26)7-5-17/h4-7,14-15,20-21,23,30H,3,8-13,16H2,1-2H3,(H2,28,35,36)/t20-,23-/m0/s1. The van der Waals surface area contributed by atoms with E-state index in [9.17, 15) is 13.2 Å². The normalized spacial score (nSPS) is 20.8. The van der Waals surface area contributed by atoms with Gasteiger partial charge in [-0.1, -0.05) is 42.3 Å². The van der Waals surface area contributed by atoms with Crippen LogP contribution in [-0.4, -0.2) is 81.1 Å². The van der Waals surface area contributed by atoms with E-state index < -0.39 is 16.3 Å². The molecule has 4 rings (SSSR count). The van der Waals surface area contributed by atoms with Crippen molar-refractivity contribution in [1.82, 2.24) is 14.8 Å². The van der Waals surface area contributed by atoms with Crippen molar-refractivity contribution < 1.29 is 17.9 Å². The minimum atomic E-state index is -3.90. The molecule has 0 bridgehead atoms. The summed E-state index contributed by atoms with van der Waals surface area (Å²) in [5.41, 5.74) is 1.11. The topological polar surface area (TPSA) is 121 Å². The van der Waals surface area contributed by atoms with Crippen LogP contribution >= 0.6 is 23.2 Å². The zero-order chi connectivity index (χ0) is 27.4. The summed E-state index contributed by atoms with van der Waals surface area (Å²) in [5.74, 6) is 0.365. The van der Waals surface area contributed by atoms with Crippen molar-refractivity contribution in [3.8, 4) is 0 Å². The molecule has 2 aliphatic heterocycles. The van der Waals surface area contributed by atoms with Crippen LogP contribution in [0, 0.1) is 0 Å². The van der Waals surface area contributed by atoms with Crippen molar-refractivity contribution in [2.75, 3.05) is 49.5 Å². The van der Waals surface area contributed by atoms with Crippen LogP contribution in [0.25, 0.3) is 0 Å². The van der Waals surface area contributed by atoms with Gasteiger partial charge in [-0.15, -0.1) is 0 Å². The number of benzene rings is 1. The van der Waals surface area contributed by atoms with E-state index in [-0.39, 0.29) is 11.7 Å². The summed E-state index contributed by atoms with van der Waals surface area (Å²) in [5, 5.41) is 6.05. The fourth-order valence-corrected chi connectivity index (χ4v) is 6.37. The Morgan fingerprint density at radius 1 is 1.18 bits per heavy atom. The maximum Gasteiger partial charge on any atom is 0.327 e. The first-order valence-electron chi connectivity index (χ1n) is 12.6. The first kappa shape index (κ1) is 28.8. The van der Waals surface area contributed by atoms with Gasteiger partial charge >= 0.3 is 5.97 Å². The van der Waals surface area contributed by atoms with Gasteiger partial charge in [0.25, 0.3) is 10.2 Å². The number of piperidine rings is 1. The summed E-state index contributed by atoms with van der Waals surface area (Å²) < 4.78 is 29.9. The van der Waals surface area contributed by atoms with Crippen LogP contribution in [-0.2, 0) is 19.7 Å². The zero-order valence-electron chi connectivity index (χ0n) is 21.5. The molecular weight excluding hydrogens is 551 g/mol. The van der Waals surface area contributed by atoms with Crippen molar-refractivity contribution in [2.45, 2.75) is 44.3 Å². The number of carbonyl (C=O) groups is 1. The Hall–Kier alpha value is -2.15. The average Bonchev–Trinajstić information content (AvgIpc) is 2.89. The Labute approximate surface area is 234 Å². The molecule has 2 aromatic rings. The molecule has 0 unspecified atom stereocenters. The lowest BCUT2D eigenvalue weighted by molar-refractivity contribution is -0.148. The summed E-state index contributed by atoms with van der Waals surface area (Å²) in [6, 6.07) is 9.18. The van der Waals surface area contributed by atoms with E-state index in [1.54, 1.807) is 12.1 Å². The summed E-state index contributed by atoms with van der Waals surface area (Å²) in [6.07, 6.45) is 4.29. The van der Waals surface area contributed by atoms with Gasteiger partial charge in [0, 0.05) is 49.8 Å². The second-order valence-corrected chi connectivity index (χ2v) is 11.8. The highest BCUT2D eigenvalue weighted by Gasteiger charge is 2.37. The third-order valence-corrected chi connectivity index (χ3v) is 8.37. The van der Waals surface area contributed by atoms with Gasteiger partial charge in [0.15, 0.2) is 0 Å². The van der Waals surface area contributed by atoms with Crippen LogP contribution < -0.4 is 14.8 Å². The van der Waals surface area contributed by atoms with Crippen LogP contribution in [0.1, 0.15) is 37.8 Å². The largest absolute Gasteiger partial charge is 0.468 e. The van der Waals surface area contributed by atoms with Gasteiger partial charge < -0.3 is 9.64 Å². The highest BCUT2D eigenvalue weighted by Crippen LogP contribution is 2.32. The van der Waals surface area contributed by atoms with E-state index >= 15 is 0 Å². The molecule has 2 fully saturated rings. The summed E-state index contributed by atoms with van der Waals surface area (Å²) in [7, 11) is -2.48. The second kappa shape index (κ2) is 12.4. The van der Waals surface area contributed by atoms with E-state index in [1.807, 2.05) is 12.1 Å². The van der Waals surface area contributed by atoms with Crippen LogP contribution in [0.5, 0.6) is 0 Å². The lowest BCUT2D eigenvalue weighted by atomic mass is 9.95. The molecular formula is C25H34Cl2N6O4S. The molecule has 3 heterocycles. The van der Waals surface area contributed by atoms with E-state index in [2.05, 4.69) is 31.3 Å². The molecule has 0 radical (unpaired) electrons. The number of carbonyl (C=O) groups excluding carboxylic acids is 1. The monoisotopic (exact) mass is 584 g/mol. The van der Waals surface area contributed by atoms with Crippen molar-refractivity contribution >= 4 is 50.9 Å². The summed E-state index contributed by atoms with van der Waals surface area (Å²) in [6.45, 7) is 6.13. The number of methoxy groups -OCH3 is 1. The lowest BCUT2D eigenvalue weighted by Crippen LogP contribution is -2.58. The Kier molecular flexibility index (Phi) is 9.38. The van der Waals surface area contributed by atoms with Crippen LogP contribution in [0.3, 0.4) is 0 Å². The molecule has 2 atom stereocenters. The number of likely N-dealkylation sites (tertiary alicyclic amines) is 1. The van der Waals surface area contributed by atoms with Crippen molar-refractivity contribution in [3.63, 3.8) is 0 Å². The molecule has 2 aliphatic rings. The molecule has 1 aromatic carbocycles. The molecule has 0 spiro atoms. The van der Waals surface area contributed by atoms with Crippen LogP contribution in [0.2, 0.25) is 10.0 Å². The minimum Gasteiger partial charge on any atom is -0.468 e. The number of hydrogen-bond donors (Lipinski definition) is 2. The number of hydrogen-bond acceptors (Lipinski definition) is 8. The Bertz CT molecular complexity index is 1220. The van der Waals surface area contributed by atoms with Crippen molar-refractivity contribution in [1.29, 1.82) is 0 Å². The smallest absolute Gasteiger partial charge is 0.327 e. The Morgan fingerprint density at radius 2 is 1.87 bits per heavy atom. The summed E-state index contributed by atoms with van der Waals surface area (Å²) in [4.78, 5) is 24.0. The lowest BCUT2D eigenvalue weighted by Gasteiger charge is -2.48. The van der Waals surface area contributed by atoms with E-state index in [1.165, 1.54) is 19.4 Å². The van der Waals surface area contributed by atoms with E-state index in [0.717, 1.165) is 57.5 Å². The molecule has 2 saturated heterocycles. The third kappa shape index (κ3) is 6.88. The predicted molar refractivity (Wildman–Crippen MR) is 150 cm³/mol. The van der Waals surface area contributed by atoms with Crippen molar-refractivity contribution in [2.24, 2.45) is 5.14 Å². The number of pyridine rings is 1. The molecule has 0 amide bonds. The van der Waals surface area contributed by atoms with E-state index in [0.29, 0.717) is 27.9 Å². The van der Waals surface area contributed by atoms with Gasteiger partial charge in [0.2, 0.25) is 0 Å². The first-order chi connectivity index (χ1) is 18.1. The molecule has 38 heavy (non-hydrogen) atoms. The van der Waals surface area contributed by atoms with Gasteiger partial charge in [0.05, 0.1) is 24.0 Å². The molecule has 208 valence electrons. The van der Waals surface area contributed by atoms with Crippen LogP contribution in [0.15, 0.2) is 36.5 Å². The number of nitrogens with one attached hydrogen (secondary N) is 1. The number of nitrogens with two attached hydrogens (primary N) is 1. The zero-order valence-corrected chi connectivity index (χ0v) is 23.8. The number of esters is 1. The van der Waals surface area contributed by atoms with Crippen molar-refractivity contribution in [3.05, 3.63) is 52.1 Å². The minimum absolute atomic E-state index is 0.225. The second-order valence-electron chi connectivity index (χ2n) is 9.67. The van der Waals surface area contributed by atoms with Crippen LogP contribution in [0.4, 0.5) is 11.5 Å². The molecule has 1 aromatic heterocycles. The average molecular weight is 586 g/mol. The highest BCUT2D eigenvalue weighted by atomic mass is 35.5. The molecule has 3 N–H and O–H groups in total. The maximum atomic E-state index is 12.7. The first-order valence-corrected chi connectivity index (χ1v) is 14.9.